The minimum atomic E-state index is 0. The van der Waals surface area contributed by atoms with Gasteiger partial charge in [-0.05, 0) is 31.7 Å². The van der Waals surface area contributed by atoms with Crippen LogP contribution in [0.15, 0.2) is 4.52 Å². The number of halogens is 1. The number of nitrogens with two attached hydrogens (primary N) is 1. The van der Waals surface area contributed by atoms with Crippen molar-refractivity contribution in [1.82, 2.24) is 15.0 Å². The summed E-state index contributed by atoms with van der Waals surface area (Å²) >= 11 is 0. The summed E-state index contributed by atoms with van der Waals surface area (Å²) in [6, 6.07) is 0. The zero-order chi connectivity index (χ0) is 11.4. The molecule has 17 heavy (non-hydrogen) atoms. The van der Waals surface area contributed by atoms with Crippen molar-refractivity contribution in [1.29, 1.82) is 0 Å². The Morgan fingerprint density at radius 1 is 1.47 bits per heavy atom. The number of hydrogen-bond acceptors (Lipinski definition) is 5. The Kier molecular flexibility index (Phi) is 5.88. The van der Waals surface area contributed by atoms with Gasteiger partial charge in [-0.15, -0.1) is 12.4 Å². The smallest absolute Gasteiger partial charge is 0.240 e. The summed E-state index contributed by atoms with van der Waals surface area (Å²) in [7, 11) is 0. The minimum absolute atomic E-state index is 0. The lowest BCUT2D eigenvalue weighted by Crippen LogP contribution is -2.27. The second-order valence-electron chi connectivity index (χ2n) is 4.49. The fourth-order valence-corrected chi connectivity index (χ4v) is 1.85. The van der Waals surface area contributed by atoms with Crippen molar-refractivity contribution < 1.29 is 4.52 Å². The van der Waals surface area contributed by atoms with Crippen molar-refractivity contribution in [2.45, 2.75) is 39.3 Å². The SMILES string of the molecule is CCCN(Cc1noc(CN)n1)CC1CC1.Cl. The molecule has 5 nitrogen and oxygen atoms in total. The third-order valence-electron chi connectivity index (χ3n) is 2.80. The van der Waals surface area contributed by atoms with Gasteiger partial charge < -0.3 is 10.3 Å². The maximum atomic E-state index is 5.43. The highest BCUT2D eigenvalue weighted by atomic mass is 35.5. The van der Waals surface area contributed by atoms with E-state index in [4.69, 9.17) is 10.3 Å². The molecule has 0 saturated heterocycles. The second-order valence-corrected chi connectivity index (χ2v) is 4.49. The van der Waals surface area contributed by atoms with E-state index >= 15 is 0 Å². The fraction of sp³-hybridized carbons (Fsp3) is 0.818. The Balaban J connectivity index is 0.00000144. The largest absolute Gasteiger partial charge is 0.338 e. The lowest BCUT2D eigenvalue weighted by atomic mass is 10.3. The molecule has 0 atom stereocenters. The highest BCUT2D eigenvalue weighted by Gasteiger charge is 2.24. The minimum Gasteiger partial charge on any atom is -0.338 e. The summed E-state index contributed by atoms with van der Waals surface area (Å²) in [4.78, 5) is 6.64. The molecule has 6 heteroatoms. The van der Waals surface area contributed by atoms with Crippen molar-refractivity contribution in [2.24, 2.45) is 11.7 Å². The Bertz CT molecular complexity index is 327. The van der Waals surface area contributed by atoms with E-state index in [9.17, 15) is 0 Å². The Morgan fingerprint density at radius 3 is 2.76 bits per heavy atom. The van der Waals surface area contributed by atoms with Gasteiger partial charge in [0.15, 0.2) is 5.82 Å². The highest BCUT2D eigenvalue weighted by Crippen LogP contribution is 2.30. The van der Waals surface area contributed by atoms with Gasteiger partial charge in [0.25, 0.3) is 0 Å². The van der Waals surface area contributed by atoms with Gasteiger partial charge in [0.2, 0.25) is 5.89 Å². The molecule has 0 spiro atoms. The van der Waals surface area contributed by atoms with Crippen molar-refractivity contribution >= 4 is 12.4 Å². The second kappa shape index (κ2) is 6.93. The van der Waals surface area contributed by atoms with Crippen LogP contribution >= 0.6 is 12.4 Å². The number of rotatable bonds is 7. The van der Waals surface area contributed by atoms with Gasteiger partial charge in [0, 0.05) is 6.54 Å². The molecular formula is C11H21ClN4O. The first-order chi connectivity index (χ1) is 7.81. The van der Waals surface area contributed by atoms with Crippen LogP contribution in [0.5, 0.6) is 0 Å². The quantitative estimate of drug-likeness (QED) is 0.806. The van der Waals surface area contributed by atoms with Crippen molar-refractivity contribution in [2.75, 3.05) is 13.1 Å². The van der Waals surface area contributed by atoms with Gasteiger partial charge in [-0.2, -0.15) is 4.98 Å². The van der Waals surface area contributed by atoms with Crippen LogP contribution in [0.1, 0.15) is 37.9 Å². The first kappa shape index (κ1) is 14.4. The van der Waals surface area contributed by atoms with Gasteiger partial charge in [0.05, 0.1) is 13.1 Å². The van der Waals surface area contributed by atoms with Crippen LogP contribution in [0, 0.1) is 5.92 Å². The zero-order valence-electron chi connectivity index (χ0n) is 10.3. The molecule has 1 aromatic rings. The van der Waals surface area contributed by atoms with Gasteiger partial charge in [-0.3, -0.25) is 4.90 Å². The third kappa shape index (κ3) is 4.61. The van der Waals surface area contributed by atoms with Gasteiger partial charge in [-0.25, -0.2) is 0 Å². The van der Waals surface area contributed by atoms with Crippen molar-refractivity contribution in [3.63, 3.8) is 0 Å². The van der Waals surface area contributed by atoms with E-state index in [0.717, 1.165) is 31.3 Å². The summed E-state index contributed by atoms with van der Waals surface area (Å²) in [6.07, 6.45) is 3.91. The number of hydrogen-bond donors (Lipinski definition) is 1. The summed E-state index contributed by atoms with van der Waals surface area (Å²) in [5.74, 6) is 2.18. The zero-order valence-corrected chi connectivity index (χ0v) is 11.1. The predicted molar refractivity (Wildman–Crippen MR) is 67.7 cm³/mol. The van der Waals surface area contributed by atoms with Crippen LogP contribution < -0.4 is 5.73 Å². The molecule has 0 aliphatic heterocycles. The van der Waals surface area contributed by atoms with E-state index in [1.54, 1.807) is 0 Å². The van der Waals surface area contributed by atoms with E-state index in [2.05, 4.69) is 22.0 Å². The molecule has 98 valence electrons. The van der Waals surface area contributed by atoms with Gasteiger partial charge >= 0.3 is 0 Å². The maximum Gasteiger partial charge on any atom is 0.240 e. The summed E-state index contributed by atoms with van der Waals surface area (Å²) in [5, 5.41) is 3.93. The van der Waals surface area contributed by atoms with E-state index in [0.29, 0.717) is 12.4 Å². The first-order valence-electron chi connectivity index (χ1n) is 6.05. The van der Waals surface area contributed by atoms with Crippen LogP contribution in [-0.2, 0) is 13.1 Å². The monoisotopic (exact) mass is 260 g/mol. The summed E-state index contributed by atoms with van der Waals surface area (Å²) in [5.41, 5.74) is 5.43. The molecule has 0 aromatic carbocycles. The van der Waals surface area contributed by atoms with E-state index in [1.165, 1.54) is 19.4 Å². The van der Waals surface area contributed by atoms with Crippen LogP contribution in [0.25, 0.3) is 0 Å². The average molecular weight is 261 g/mol. The molecule has 0 unspecified atom stereocenters. The lowest BCUT2D eigenvalue weighted by molar-refractivity contribution is 0.244. The Hall–Kier alpha value is -0.650. The molecule has 0 amide bonds. The predicted octanol–water partition coefficient (Wildman–Crippen LogP) is 1.57. The fourth-order valence-electron chi connectivity index (χ4n) is 1.85. The van der Waals surface area contributed by atoms with Crippen LogP contribution in [0.3, 0.4) is 0 Å². The molecule has 1 aliphatic rings. The molecular weight excluding hydrogens is 240 g/mol. The van der Waals surface area contributed by atoms with Gasteiger partial charge in [-0.1, -0.05) is 12.1 Å². The lowest BCUT2D eigenvalue weighted by Gasteiger charge is -2.19. The molecule has 1 aromatic heterocycles. The molecule has 2 rings (SSSR count). The van der Waals surface area contributed by atoms with Crippen molar-refractivity contribution in [3.8, 4) is 0 Å². The van der Waals surface area contributed by atoms with Crippen LogP contribution in [0.4, 0.5) is 0 Å². The van der Waals surface area contributed by atoms with Crippen LogP contribution in [0.2, 0.25) is 0 Å². The van der Waals surface area contributed by atoms with Crippen molar-refractivity contribution in [3.05, 3.63) is 11.7 Å². The summed E-state index contributed by atoms with van der Waals surface area (Å²) in [6.45, 7) is 5.57. The topological polar surface area (TPSA) is 68.2 Å². The maximum absolute atomic E-state index is 5.43. The number of nitrogens with zero attached hydrogens (tertiary/aromatic N) is 3. The third-order valence-corrected chi connectivity index (χ3v) is 2.80. The molecule has 1 fully saturated rings. The molecule has 2 N–H and O–H groups in total. The van der Waals surface area contributed by atoms with Gasteiger partial charge in [0.1, 0.15) is 0 Å². The van der Waals surface area contributed by atoms with E-state index < -0.39 is 0 Å². The Morgan fingerprint density at radius 2 is 2.24 bits per heavy atom. The molecule has 1 heterocycles. The normalized spacial score (nSPS) is 15.0. The highest BCUT2D eigenvalue weighted by molar-refractivity contribution is 5.85. The molecule has 0 radical (unpaired) electrons. The van der Waals surface area contributed by atoms with E-state index in [1.807, 2.05) is 0 Å². The first-order valence-corrected chi connectivity index (χ1v) is 6.05. The molecule has 1 saturated carbocycles. The molecule has 1 aliphatic carbocycles. The standard InChI is InChI=1S/C11H20N4O.ClH/c1-2-5-15(7-9-3-4-9)8-10-13-11(6-12)16-14-10;/h9H,2-8,12H2,1H3;1H. The summed E-state index contributed by atoms with van der Waals surface area (Å²) < 4.78 is 5.00. The Labute approximate surface area is 108 Å². The van der Waals surface area contributed by atoms with Crippen LogP contribution in [-0.4, -0.2) is 28.1 Å². The average Bonchev–Trinajstić information content (AvgIpc) is 2.96. The molecule has 0 bridgehead atoms. The number of aromatic nitrogens is 2. The van der Waals surface area contributed by atoms with E-state index in [-0.39, 0.29) is 12.4 Å².